The lowest BCUT2D eigenvalue weighted by molar-refractivity contribution is 0.884. The molecule has 0 N–H and O–H groups in total. The van der Waals surface area contributed by atoms with E-state index in [1.807, 2.05) is 0 Å². The number of hydrogen-bond donors (Lipinski definition) is 0. The Labute approximate surface area is 107 Å². The monoisotopic (exact) mass is 242 g/mol. The van der Waals surface area contributed by atoms with E-state index in [1.54, 1.807) is 0 Å². The molecule has 1 aromatic carbocycles. The summed E-state index contributed by atoms with van der Waals surface area (Å²) >= 11 is 6.56. The average Bonchev–Trinajstić information content (AvgIpc) is 2.63. The molecule has 0 saturated carbocycles. The van der Waals surface area contributed by atoms with Crippen molar-refractivity contribution >= 4 is 23.3 Å². The van der Waals surface area contributed by atoms with Crippen molar-refractivity contribution in [2.24, 2.45) is 0 Å². The summed E-state index contributed by atoms with van der Waals surface area (Å²) in [5, 5.41) is 2.64. The van der Waals surface area contributed by atoms with E-state index in [-0.39, 0.29) is 4.87 Å². The van der Waals surface area contributed by atoms with Crippen molar-refractivity contribution in [3.05, 3.63) is 57.5 Å². The second kappa shape index (κ2) is 3.36. The van der Waals surface area contributed by atoms with Gasteiger partial charge < -0.3 is 0 Å². The SMILES string of the molecule is CC1=C(C)C(C)(Cl)C=C2C=c3ccccc3=C21. The number of allylic oxidation sites excluding steroid dienone is 4. The van der Waals surface area contributed by atoms with Crippen LogP contribution in [0.5, 0.6) is 0 Å². The second-order valence-electron chi connectivity index (χ2n) is 5.03. The Balaban J connectivity index is 2.44. The van der Waals surface area contributed by atoms with Gasteiger partial charge in [0.1, 0.15) is 0 Å². The molecule has 17 heavy (non-hydrogen) atoms. The molecule has 0 fully saturated rings. The lowest BCUT2D eigenvalue weighted by Crippen LogP contribution is -2.25. The zero-order valence-electron chi connectivity index (χ0n) is 10.3. The molecule has 0 saturated heterocycles. The number of benzene rings is 1. The molecule has 0 aromatic heterocycles. The van der Waals surface area contributed by atoms with Gasteiger partial charge in [0.2, 0.25) is 0 Å². The third-order valence-corrected chi connectivity index (χ3v) is 4.32. The molecular weight excluding hydrogens is 228 g/mol. The fourth-order valence-corrected chi connectivity index (χ4v) is 2.99. The van der Waals surface area contributed by atoms with E-state index in [0.29, 0.717) is 0 Å². The Kier molecular flexibility index (Phi) is 2.15. The molecule has 0 aliphatic heterocycles. The van der Waals surface area contributed by atoms with Gasteiger partial charge in [0.25, 0.3) is 0 Å². The number of alkyl halides is 1. The first kappa shape index (κ1) is 10.9. The smallest absolute Gasteiger partial charge is 0.0819 e. The zero-order valence-corrected chi connectivity index (χ0v) is 11.1. The number of hydrogen-bond acceptors (Lipinski definition) is 0. The van der Waals surface area contributed by atoms with Crippen LogP contribution in [0.15, 0.2) is 47.1 Å². The molecule has 2 aliphatic carbocycles. The fourth-order valence-electron chi connectivity index (χ4n) is 2.73. The summed E-state index contributed by atoms with van der Waals surface area (Å²) < 4.78 is 0. The maximum atomic E-state index is 6.56. The van der Waals surface area contributed by atoms with E-state index < -0.39 is 0 Å². The molecule has 3 rings (SSSR count). The van der Waals surface area contributed by atoms with Crippen LogP contribution in [0.1, 0.15) is 20.8 Å². The maximum Gasteiger partial charge on any atom is 0.0819 e. The van der Waals surface area contributed by atoms with Crippen molar-refractivity contribution in [2.75, 3.05) is 0 Å². The molecular formula is C16H15Cl. The van der Waals surface area contributed by atoms with Crippen LogP contribution in [0.25, 0.3) is 11.6 Å². The molecule has 86 valence electrons. The summed E-state index contributed by atoms with van der Waals surface area (Å²) in [6, 6.07) is 8.53. The topological polar surface area (TPSA) is 0 Å². The van der Waals surface area contributed by atoms with Crippen LogP contribution in [0.2, 0.25) is 0 Å². The van der Waals surface area contributed by atoms with Crippen molar-refractivity contribution < 1.29 is 0 Å². The van der Waals surface area contributed by atoms with Gasteiger partial charge in [-0.25, -0.2) is 0 Å². The van der Waals surface area contributed by atoms with Gasteiger partial charge in [-0.3, -0.25) is 0 Å². The summed E-state index contributed by atoms with van der Waals surface area (Å²) in [4.78, 5) is -0.346. The molecule has 1 aromatic rings. The van der Waals surface area contributed by atoms with Crippen LogP contribution in [-0.2, 0) is 0 Å². The van der Waals surface area contributed by atoms with Gasteiger partial charge in [0.15, 0.2) is 0 Å². The second-order valence-corrected chi connectivity index (χ2v) is 5.82. The molecule has 0 heterocycles. The predicted molar refractivity (Wildman–Crippen MR) is 74.3 cm³/mol. The highest BCUT2D eigenvalue weighted by atomic mass is 35.5. The minimum absolute atomic E-state index is 0.346. The molecule has 0 spiro atoms. The van der Waals surface area contributed by atoms with E-state index in [0.717, 1.165) is 0 Å². The summed E-state index contributed by atoms with van der Waals surface area (Å²) in [5.74, 6) is 0. The maximum absolute atomic E-state index is 6.56. The highest BCUT2D eigenvalue weighted by Crippen LogP contribution is 2.40. The molecule has 2 aliphatic rings. The first-order valence-electron chi connectivity index (χ1n) is 5.92. The zero-order chi connectivity index (χ0) is 12.2. The number of halogens is 1. The van der Waals surface area contributed by atoms with Crippen LogP contribution in [0.3, 0.4) is 0 Å². The summed E-state index contributed by atoms with van der Waals surface area (Å²) in [7, 11) is 0. The van der Waals surface area contributed by atoms with Crippen LogP contribution >= 0.6 is 11.6 Å². The Morgan fingerprint density at radius 3 is 2.59 bits per heavy atom. The largest absolute Gasteiger partial charge is 0.110 e. The number of fused-ring (bicyclic) bond motifs is 2. The highest BCUT2D eigenvalue weighted by Gasteiger charge is 2.30. The molecule has 0 bridgehead atoms. The third-order valence-electron chi connectivity index (χ3n) is 3.93. The van der Waals surface area contributed by atoms with Gasteiger partial charge in [-0.1, -0.05) is 30.3 Å². The van der Waals surface area contributed by atoms with E-state index in [2.05, 4.69) is 57.2 Å². The summed E-state index contributed by atoms with van der Waals surface area (Å²) in [6.45, 7) is 6.37. The van der Waals surface area contributed by atoms with E-state index >= 15 is 0 Å². The van der Waals surface area contributed by atoms with E-state index in [4.69, 9.17) is 11.6 Å². The van der Waals surface area contributed by atoms with Crippen LogP contribution < -0.4 is 10.4 Å². The summed E-state index contributed by atoms with van der Waals surface area (Å²) in [6.07, 6.45) is 4.41. The lowest BCUT2D eigenvalue weighted by atomic mass is 9.83. The Morgan fingerprint density at radius 2 is 1.82 bits per heavy atom. The van der Waals surface area contributed by atoms with Gasteiger partial charge in [0, 0.05) is 0 Å². The van der Waals surface area contributed by atoms with Gasteiger partial charge in [0.05, 0.1) is 4.87 Å². The van der Waals surface area contributed by atoms with Crippen LogP contribution in [0, 0.1) is 0 Å². The first-order chi connectivity index (χ1) is 8.00. The van der Waals surface area contributed by atoms with Gasteiger partial charge >= 0.3 is 0 Å². The van der Waals surface area contributed by atoms with Crippen LogP contribution in [-0.4, -0.2) is 4.87 Å². The van der Waals surface area contributed by atoms with Crippen molar-refractivity contribution in [3.8, 4) is 0 Å². The molecule has 0 radical (unpaired) electrons. The predicted octanol–water partition coefficient (Wildman–Crippen LogP) is 2.91. The van der Waals surface area contributed by atoms with Crippen molar-refractivity contribution in [3.63, 3.8) is 0 Å². The molecule has 1 heteroatoms. The highest BCUT2D eigenvalue weighted by molar-refractivity contribution is 6.28. The molecule has 0 amide bonds. The van der Waals surface area contributed by atoms with Crippen molar-refractivity contribution in [2.45, 2.75) is 25.6 Å². The Bertz CT molecular complexity index is 684. The minimum Gasteiger partial charge on any atom is -0.110 e. The average molecular weight is 243 g/mol. The normalized spacial score (nSPS) is 26.4. The first-order valence-corrected chi connectivity index (χ1v) is 6.30. The molecule has 0 nitrogen and oxygen atoms in total. The third kappa shape index (κ3) is 1.44. The van der Waals surface area contributed by atoms with Crippen molar-refractivity contribution in [1.82, 2.24) is 0 Å². The fraction of sp³-hybridized carbons (Fsp3) is 0.250. The molecule has 1 atom stereocenters. The lowest BCUT2D eigenvalue weighted by Gasteiger charge is -2.28. The Morgan fingerprint density at radius 1 is 1.12 bits per heavy atom. The number of rotatable bonds is 0. The minimum atomic E-state index is -0.346. The van der Waals surface area contributed by atoms with Crippen molar-refractivity contribution in [1.29, 1.82) is 0 Å². The van der Waals surface area contributed by atoms with Gasteiger partial charge in [-0.05, 0) is 59.6 Å². The van der Waals surface area contributed by atoms with Crippen LogP contribution in [0.4, 0.5) is 0 Å². The van der Waals surface area contributed by atoms with E-state index in [9.17, 15) is 0 Å². The van der Waals surface area contributed by atoms with Gasteiger partial charge in [-0.2, -0.15) is 0 Å². The summed E-state index contributed by atoms with van der Waals surface area (Å²) in [5.41, 5.74) is 5.20. The quantitative estimate of drug-likeness (QED) is 0.614. The van der Waals surface area contributed by atoms with Gasteiger partial charge in [-0.15, -0.1) is 11.6 Å². The van der Waals surface area contributed by atoms with E-state index in [1.165, 1.54) is 32.7 Å². The Hall–Kier alpha value is -1.27. The standard InChI is InChI=1S/C16H15Cl/c1-10-11(2)16(3,17)9-13-8-12-6-4-5-7-14(12)15(10)13/h4-9H,1-3H3. The molecule has 1 unspecified atom stereocenters.